The number of imide groups is 1. The minimum absolute atomic E-state index is 0.296. The number of rotatable bonds is 1. The van der Waals surface area contributed by atoms with Gasteiger partial charge in [0.25, 0.3) is 11.8 Å². The summed E-state index contributed by atoms with van der Waals surface area (Å²) in [6.45, 7) is 3.66. The Morgan fingerprint density at radius 1 is 1.00 bits per heavy atom. The number of hydrogen-bond donors (Lipinski definition) is 0. The summed E-state index contributed by atoms with van der Waals surface area (Å²) >= 11 is 0. The maximum absolute atomic E-state index is 13.1. The van der Waals surface area contributed by atoms with Crippen molar-refractivity contribution >= 4 is 28.3 Å². The van der Waals surface area contributed by atoms with E-state index in [1.807, 2.05) is 44.2 Å². The van der Waals surface area contributed by atoms with Gasteiger partial charge in [0.05, 0.1) is 16.8 Å². The van der Waals surface area contributed by atoms with Gasteiger partial charge in [0.2, 0.25) is 0 Å². The van der Waals surface area contributed by atoms with E-state index in [-0.39, 0.29) is 11.8 Å². The Morgan fingerprint density at radius 2 is 1.67 bits per heavy atom. The van der Waals surface area contributed by atoms with E-state index in [0.717, 1.165) is 10.8 Å². The third kappa shape index (κ3) is 1.41. The fourth-order valence-corrected chi connectivity index (χ4v) is 4.07. The third-order valence-corrected chi connectivity index (χ3v) is 5.12. The van der Waals surface area contributed by atoms with Crippen molar-refractivity contribution in [3.63, 3.8) is 0 Å². The monoisotopic (exact) mass is 318 g/mol. The summed E-state index contributed by atoms with van der Waals surface area (Å²) < 4.78 is 5.96. The van der Waals surface area contributed by atoms with Gasteiger partial charge < -0.3 is 4.74 Å². The lowest BCUT2D eigenvalue weighted by Crippen LogP contribution is -2.40. The molecule has 0 spiro atoms. The third-order valence-electron chi connectivity index (χ3n) is 5.12. The number of benzene rings is 1. The van der Waals surface area contributed by atoms with Crippen LogP contribution < -0.4 is 4.90 Å². The van der Waals surface area contributed by atoms with E-state index in [2.05, 4.69) is 4.98 Å². The minimum atomic E-state index is -0.822. The van der Waals surface area contributed by atoms with E-state index in [0.29, 0.717) is 16.8 Å². The number of carbonyl (C=O) groups excluding carboxylic acids is 2. The molecule has 2 amide bonds. The van der Waals surface area contributed by atoms with Gasteiger partial charge in [-0.05, 0) is 38.1 Å². The molecule has 0 aliphatic carbocycles. The van der Waals surface area contributed by atoms with Crippen LogP contribution in [-0.2, 0) is 14.3 Å². The van der Waals surface area contributed by atoms with Crippen LogP contribution >= 0.6 is 0 Å². The van der Waals surface area contributed by atoms with Gasteiger partial charge in [0.1, 0.15) is 11.2 Å². The summed E-state index contributed by atoms with van der Waals surface area (Å²) in [7, 11) is 0. The molecule has 0 saturated carbocycles. The molecule has 0 N–H and O–H groups in total. The van der Waals surface area contributed by atoms with Crippen molar-refractivity contribution in [3.8, 4) is 0 Å². The summed E-state index contributed by atoms with van der Waals surface area (Å²) in [5.74, 6) is -0.593. The molecule has 24 heavy (non-hydrogen) atoms. The minimum Gasteiger partial charge on any atom is -0.351 e. The molecule has 5 heteroatoms. The lowest BCUT2D eigenvalue weighted by atomic mass is 9.85. The van der Waals surface area contributed by atoms with Crippen molar-refractivity contribution in [2.75, 3.05) is 4.90 Å². The zero-order chi connectivity index (χ0) is 16.7. The first-order valence-electron chi connectivity index (χ1n) is 7.82. The van der Waals surface area contributed by atoms with E-state index in [4.69, 9.17) is 4.74 Å². The number of hydrogen-bond acceptors (Lipinski definition) is 4. The van der Waals surface area contributed by atoms with Crippen molar-refractivity contribution in [2.24, 2.45) is 0 Å². The maximum Gasteiger partial charge on any atom is 0.265 e. The number of amides is 2. The fraction of sp³-hybridized carbons (Fsp3) is 0.211. The summed E-state index contributed by atoms with van der Waals surface area (Å²) in [5, 5.41) is 1.71. The second kappa shape index (κ2) is 3.99. The quantitative estimate of drug-likeness (QED) is 0.599. The van der Waals surface area contributed by atoms with Crippen LogP contribution in [0.4, 0.5) is 5.69 Å². The number of carbonyl (C=O) groups is 2. The number of fused-ring (bicyclic) bond motifs is 5. The molecule has 2 aromatic rings. The smallest absolute Gasteiger partial charge is 0.265 e. The Balaban J connectivity index is 1.71. The largest absolute Gasteiger partial charge is 0.351 e. The highest BCUT2D eigenvalue weighted by molar-refractivity contribution is 6.36. The Labute approximate surface area is 138 Å². The van der Waals surface area contributed by atoms with Crippen LogP contribution in [0, 0.1) is 0 Å². The highest BCUT2D eigenvalue weighted by atomic mass is 16.5. The van der Waals surface area contributed by atoms with Gasteiger partial charge in [-0.25, -0.2) is 4.90 Å². The molecule has 0 fully saturated rings. The predicted octanol–water partition coefficient (Wildman–Crippen LogP) is 2.52. The van der Waals surface area contributed by atoms with E-state index in [1.54, 1.807) is 18.5 Å². The fourth-order valence-electron chi connectivity index (χ4n) is 4.07. The highest BCUT2D eigenvalue weighted by Gasteiger charge is 2.62. The van der Waals surface area contributed by atoms with Gasteiger partial charge >= 0.3 is 0 Å². The molecule has 1 aromatic carbocycles. The first-order valence-corrected chi connectivity index (χ1v) is 7.82. The van der Waals surface area contributed by atoms with E-state index in [9.17, 15) is 9.59 Å². The maximum atomic E-state index is 13.1. The van der Waals surface area contributed by atoms with Crippen LogP contribution in [0.2, 0.25) is 0 Å². The molecule has 3 aliphatic heterocycles. The molecule has 1 aromatic heterocycles. The van der Waals surface area contributed by atoms with Gasteiger partial charge in [0, 0.05) is 23.2 Å². The van der Waals surface area contributed by atoms with Crippen molar-refractivity contribution in [2.45, 2.75) is 25.0 Å². The number of anilines is 1. The zero-order valence-electron chi connectivity index (χ0n) is 13.2. The molecular formula is C19H14N2O3. The van der Waals surface area contributed by atoms with Crippen molar-refractivity contribution in [1.29, 1.82) is 0 Å². The number of aromatic nitrogens is 1. The topological polar surface area (TPSA) is 59.5 Å². The Kier molecular flexibility index (Phi) is 2.27. The SMILES string of the molecule is CC12C=CC(C)(O1)C1=C2C(=O)N(c2cccc3cnccc23)C1=O. The summed E-state index contributed by atoms with van der Waals surface area (Å²) in [5.41, 5.74) is -0.131. The number of ether oxygens (including phenoxy) is 1. The lowest BCUT2D eigenvalue weighted by Gasteiger charge is -2.27. The zero-order valence-corrected chi connectivity index (χ0v) is 13.2. The Bertz CT molecular complexity index is 977. The first-order chi connectivity index (χ1) is 11.4. The standard InChI is InChI=1S/C19H14N2O3/c1-18-7-8-19(2,24-18)15-14(18)16(22)21(17(15)23)13-5-3-4-11-10-20-9-6-12(11)13/h3-10H,1-2H3. The number of pyridine rings is 1. The van der Waals surface area contributed by atoms with Crippen molar-refractivity contribution in [1.82, 2.24) is 4.98 Å². The van der Waals surface area contributed by atoms with Gasteiger partial charge in [-0.15, -0.1) is 0 Å². The molecule has 2 unspecified atom stereocenters. The molecule has 3 aliphatic rings. The van der Waals surface area contributed by atoms with Crippen LogP contribution in [-0.4, -0.2) is 28.0 Å². The molecule has 0 saturated heterocycles. The molecular weight excluding hydrogens is 304 g/mol. The van der Waals surface area contributed by atoms with Crippen LogP contribution in [0.15, 0.2) is 60.0 Å². The lowest BCUT2D eigenvalue weighted by molar-refractivity contribution is -0.123. The summed E-state index contributed by atoms with van der Waals surface area (Å²) in [4.78, 5) is 31.6. The average molecular weight is 318 g/mol. The molecule has 5 nitrogen and oxygen atoms in total. The normalized spacial score (nSPS) is 30.8. The molecule has 4 heterocycles. The molecule has 2 bridgehead atoms. The first kappa shape index (κ1) is 13.6. The molecule has 5 rings (SSSR count). The van der Waals surface area contributed by atoms with Gasteiger partial charge in [-0.1, -0.05) is 12.1 Å². The van der Waals surface area contributed by atoms with E-state index < -0.39 is 11.2 Å². The van der Waals surface area contributed by atoms with Crippen LogP contribution in [0.3, 0.4) is 0 Å². The van der Waals surface area contributed by atoms with Crippen molar-refractivity contribution in [3.05, 3.63) is 60.0 Å². The highest BCUT2D eigenvalue weighted by Crippen LogP contribution is 2.53. The van der Waals surface area contributed by atoms with E-state index in [1.165, 1.54) is 4.90 Å². The summed E-state index contributed by atoms with van der Waals surface area (Å²) in [6, 6.07) is 7.35. The van der Waals surface area contributed by atoms with E-state index >= 15 is 0 Å². The molecule has 118 valence electrons. The second-order valence-corrected chi connectivity index (χ2v) is 6.72. The second-order valence-electron chi connectivity index (χ2n) is 6.72. The van der Waals surface area contributed by atoms with Crippen molar-refractivity contribution < 1.29 is 14.3 Å². The Hall–Kier alpha value is -2.79. The van der Waals surface area contributed by atoms with Gasteiger partial charge in [-0.3, -0.25) is 14.6 Å². The predicted molar refractivity (Wildman–Crippen MR) is 88.3 cm³/mol. The summed E-state index contributed by atoms with van der Waals surface area (Å²) in [6.07, 6.45) is 7.12. The Morgan fingerprint density at radius 3 is 2.33 bits per heavy atom. The van der Waals surface area contributed by atoms with Gasteiger partial charge in [0.15, 0.2) is 0 Å². The van der Waals surface area contributed by atoms with Gasteiger partial charge in [-0.2, -0.15) is 0 Å². The van der Waals surface area contributed by atoms with Crippen LogP contribution in [0.25, 0.3) is 10.8 Å². The van der Waals surface area contributed by atoms with Crippen LogP contribution in [0.1, 0.15) is 13.8 Å². The average Bonchev–Trinajstić information content (AvgIpc) is 3.11. The molecule has 2 atom stereocenters. The number of nitrogens with zero attached hydrogens (tertiary/aromatic N) is 2. The van der Waals surface area contributed by atoms with Crippen LogP contribution in [0.5, 0.6) is 0 Å². The molecule has 0 radical (unpaired) electrons.